The van der Waals surface area contributed by atoms with Crippen molar-refractivity contribution in [1.82, 2.24) is 5.32 Å². The van der Waals surface area contributed by atoms with Gasteiger partial charge in [-0.05, 0) is 36.6 Å². The van der Waals surface area contributed by atoms with E-state index in [1.807, 2.05) is 6.92 Å². The van der Waals surface area contributed by atoms with Crippen molar-refractivity contribution in [2.75, 3.05) is 6.54 Å². The van der Waals surface area contributed by atoms with E-state index in [0.29, 0.717) is 30.5 Å². The number of aliphatic hydroxyl groups excluding tert-OH is 1. The SMILES string of the molecule is CCC(O)CCNC(=O)c1occc1-c1ccc(F)cc1. The van der Waals surface area contributed by atoms with Crippen LogP contribution in [0.4, 0.5) is 4.39 Å². The second kappa shape index (κ2) is 7.04. The number of hydrogen-bond acceptors (Lipinski definition) is 3. The lowest BCUT2D eigenvalue weighted by atomic mass is 10.1. The molecule has 0 spiro atoms. The molecule has 1 heterocycles. The largest absolute Gasteiger partial charge is 0.459 e. The van der Waals surface area contributed by atoms with E-state index in [9.17, 15) is 14.3 Å². The number of benzene rings is 1. The normalized spacial score (nSPS) is 12.1. The van der Waals surface area contributed by atoms with Crippen molar-refractivity contribution in [3.63, 3.8) is 0 Å². The fourth-order valence-corrected chi connectivity index (χ4v) is 1.98. The van der Waals surface area contributed by atoms with Gasteiger partial charge in [0.15, 0.2) is 5.76 Å². The van der Waals surface area contributed by atoms with Crippen LogP contribution in [0.1, 0.15) is 30.3 Å². The zero-order valence-electron chi connectivity index (χ0n) is 11.8. The van der Waals surface area contributed by atoms with Crippen molar-refractivity contribution in [2.45, 2.75) is 25.9 Å². The maximum atomic E-state index is 12.9. The average molecular weight is 291 g/mol. The van der Waals surface area contributed by atoms with Crippen molar-refractivity contribution >= 4 is 5.91 Å². The molecule has 0 saturated carbocycles. The van der Waals surface area contributed by atoms with Crippen LogP contribution >= 0.6 is 0 Å². The minimum absolute atomic E-state index is 0.188. The summed E-state index contributed by atoms with van der Waals surface area (Å²) in [7, 11) is 0. The Hall–Kier alpha value is -2.14. The number of carbonyl (C=O) groups is 1. The second-order valence-corrected chi connectivity index (χ2v) is 4.78. The Morgan fingerprint density at radius 3 is 2.71 bits per heavy atom. The Morgan fingerprint density at radius 2 is 2.05 bits per heavy atom. The molecular weight excluding hydrogens is 273 g/mol. The van der Waals surface area contributed by atoms with E-state index in [-0.39, 0.29) is 17.5 Å². The van der Waals surface area contributed by atoms with Gasteiger partial charge in [-0.25, -0.2) is 4.39 Å². The number of furan rings is 1. The molecule has 0 radical (unpaired) electrons. The molecular formula is C16H18FNO3. The number of aliphatic hydroxyl groups is 1. The standard InChI is InChI=1S/C16H18FNO3/c1-2-13(19)7-9-18-16(20)15-14(8-10-21-15)11-3-5-12(17)6-4-11/h3-6,8,10,13,19H,2,7,9H2,1H3,(H,18,20). The number of nitrogens with one attached hydrogen (secondary N) is 1. The lowest BCUT2D eigenvalue weighted by molar-refractivity contribution is 0.0915. The Morgan fingerprint density at radius 1 is 1.33 bits per heavy atom. The first-order valence-electron chi connectivity index (χ1n) is 6.91. The van der Waals surface area contributed by atoms with Crippen LogP contribution in [-0.4, -0.2) is 23.7 Å². The zero-order chi connectivity index (χ0) is 15.2. The van der Waals surface area contributed by atoms with Crippen molar-refractivity contribution in [3.8, 4) is 11.1 Å². The van der Waals surface area contributed by atoms with Crippen LogP contribution in [0.2, 0.25) is 0 Å². The molecule has 1 unspecified atom stereocenters. The Labute approximate surface area is 122 Å². The second-order valence-electron chi connectivity index (χ2n) is 4.78. The molecule has 4 nitrogen and oxygen atoms in total. The summed E-state index contributed by atoms with van der Waals surface area (Å²) in [5.74, 6) is -0.489. The average Bonchev–Trinajstić information content (AvgIpc) is 2.97. The summed E-state index contributed by atoms with van der Waals surface area (Å²) in [6.07, 6.45) is 2.15. The molecule has 0 aliphatic carbocycles. The van der Waals surface area contributed by atoms with Gasteiger partial charge in [-0.1, -0.05) is 19.1 Å². The highest BCUT2D eigenvalue weighted by Gasteiger charge is 2.16. The van der Waals surface area contributed by atoms with Crippen LogP contribution in [0.3, 0.4) is 0 Å². The van der Waals surface area contributed by atoms with Crippen molar-refractivity contribution < 1.29 is 18.7 Å². The fraction of sp³-hybridized carbons (Fsp3) is 0.312. The van der Waals surface area contributed by atoms with Crippen LogP contribution in [0.15, 0.2) is 41.0 Å². The Balaban J connectivity index is 2.06. The molecule has 1 atom stereocenters. The molecule has 5 heteroatoms. The predicted molar refractivity (Wildman–Crippen MR) is 77.4 cm³/mol. The summed E-state index contributed by atoms with van der Waals surface area (Å²) >= 11 is 0. The first-order chi connectivity index (χ1) is 10.1. The van der Waals surface area contributed by atoms with E-state index in [4.69, 9.17) is 4.42 Å². The third-order valence-corrected chi connectivity index (χ3v) is 3.26. The Bertz CT molecular complexity index is 592. The number of halogens is 1. The molecule has 0 saturated heterocycles. The molecule has 21 heavy (non-hydrogen) atoms. The third kappa shape index (κ3) is 3.92. The van der Waals surface area contributed by atoms with Gasteiger partial charge in [0.2, 0.25) is 0 Å². The smallest absolute Gasteiger partial charge is 0.287 e. The fourth-order valence-electron chi connectivity index (χ4n) is 1.98. The molecule has 112 valence electrons. The molecule has 2 N–H and O–H groups in total. The molecule has 2 aromatic rings. The van der Waals surface area contributed by atoms with Crippen LogP contribution in [0.5, 0.6) is 0 Å². The monoisotopic (exact) mass is 291 g/mol. The third-order valence-electron chi connectivity index (χ3n) is 3.26. The molecule has 0 bridgehead atoms. The van der Waals surface area contributed by atoms with Gasteiger partial charge in [-0.3, -0.25) is 4.79 Å². The molecule has 2 rings (SSSR count). The molecule has 0 aliphatic rings. The molecule has 0 aliphatic heterocycles. The van der Waals surface area contributed by atoms with Gasteiger partial charge in [-0.15, -0.1) is 0 Å². The number of amides is 1. The summed E-state index contributed by atoms with van der Waals surface area (Å²) < 4.78 is 18.2. The van der Waals surface area contributed by atoms with E-state index < -0.39 is 6.10 Å². The van der Waals surface area contributed by atoms with Gasteiger partial charge < -0.3 is 14.8 Å². The van der Waals surface area contributed by atoms with Crippen LogP contribution in [0, 0.1) is 5.82 Å². The summed E-state index contributed by atoms with van der Waals surface area (Å²) in [4.78, 5) is 12.1. The molecule has 1 aromatic carbocycles. The van der Waals surface area contributed by atoms with Crippen molar-refractivity contribution in [3.05, 3.63) is 48.2 Å². The van der Waals surface area contributed by atoms with Gasteiger partial charge in [0.1, 0.15) is 5.82 Å². The van der Waals surface area contributed by atoms with Crippen LogP contribution in [0.25, 0.3) is 11.1 Å². The maximum absolute atomic E-state index is 12.9. The number of carbonyl (C=O) groups excluding carboxylic acids is 1. The first-order valence-corrected chi connectivity index (χ1v) is 6.91. The van der Waals surface area contributed by atoms with Crippen LogP contribution < -0.4 is 5.32 Å². The minimum atomic E-state index is -0.418. The van der Waals surface area contributed by atoms with E-state index in [1.165, 1.54) is 18.4 Å². The van der Waals surface area contributed by atoms with E-state index in [0.717, 1.165) is 0 Å². The maximum Gasteiger partial charge on any atom is 0.287 e. The summed E-state index contributed by atoms with van der Waals surface area (Å²) in [5.41, 5.74) is 1.33. The van der Waals surface area contributed by atoms with Crippen LogP contribution in [-0.2, 0) is 0 Å². The molecule has 0 fully saturated rings. The quantitative estimate of drug-likeness (QED) is 0.860. The Kier molecular flexibility index (Phi) is 5.11. The minimum Gasteiger partial charge on any atom is -0.459 e. The highest BCUT2D eigenvalue weighted by molar-refractivity contribution is 5.98. The number of rotatable bonds is 6. The summed E-state index contributed by atoms with van der Waals surface area (Å²) in [6, 6.07) is 7.53. The lowest BCUT2D eigenvalue weighted by Crippen LogP contribution is -2.27. The zero-order valence-corrected chi connectivity index (χ0v) is 11.8. The topological polar surface area (TPSA) is 62.5 Å². The van der Waals surface area contributed by atoms with E-state index >= 15 is 0 Å². The van der Waals surface area contributed by atoms with Gasteiger partial charge in [0.25, 0.3) is 5.91 Å². The summed E-state index contributed by atoms with van der Waals surface area (Å²) in [5, 5.41) is 12.2. The van der Waals surface area contributed by atoms with Gasteiger partial charge in [0.05, 0.1) is 12.4 Å². The first kappa shape index (κ1) is 15.3. The molecule has 1 aromatic heterocycles. The molecule has 1 amide bonds. The summed E-state index contributed by atoms with van der Waals surface area (Å²) in [6.45, 7) is 2.25. The van der Waals surface area contributed by atoms with Gasteiger partial charge in [0, 0.05) is 12.1 Å². The van der Waals surface area contributed by atoms with E-state index in [2.05, 4.69) is 5.32 Å². The van der Waals surface area contributed by atoms with Crippen molar-refractivity contribution in [2.24, 2.45) is 0 Å². The van der Waals surface area contributed by atoms with Crippen molar-refractivity contribution in [1.29, 1.82) is 0 Å². The lowest BCUT2D eigenvalue weighted by Gasteiger charge is -2.08. The van der Waals surface area contributed by atoms with E-state index in [1.54, 1.807) is 18.2 Å². The van der Waals surface area contributed by atoms with Gasteiger partial charge in [-0.2, -0.15) is 0 Å². The number of hydrogen-bond donors (Lipinski definition) is 2. The highest BCUT2D eigenvalue weighted by Crippen LogP contribution is 2.25. The highest BCUT2D eigenvalue weighted by atomic mass is 19.1. The van der Waals surface area contributed by atoms with Gasteiger partial charge >= 0.3 is 0 Å². The predicted octanol–water partition coefficient (Wildman–Crippen LogP) is 2.98.